The van der Waals surface area contributed by atoms with Crippen LogP contribution in [0.3, 0.4) is 0 Å². The highest BCUT2D eigenvalue weighted by molar-refractivity contribution is 7.98. The van der Waals surface area contributed by atoms with Gasteiger partial charge in [-0.3, -0.25) is 4.72 Å². The number of carbonyl (C=O) groups excluding carboxylic acids is 1. The molecule has 0 heterocycles. The zero-order chi connectivity index (χ0) is 11.5. The zero-order valence-corrected chi connectivity index (χ0v) is 9.14. The lowest BCUT2D eigenvalue weighted by molar-refractivity contribution is 0.257. The van der Waals surface area contributed by atoms with Gasteiger partial charge in [0.05, 0.1) is 0 Å². The van der Waals surface area contributed by atoms with Crippen molar-refractivity contribution in [1.82, 2.24) is 4.72 Å². The van der Waals surface area contributed by atoms with E-state index in [1.807, 2.05) is 0 Å². The molecule has 0 saturated carbocycles. The van der Waals surface area contributed by atoms with Crippen LogP contribution in [0.5, 0.6) is 0 Å². The Morgan fingerprint density at radius 2 is 1.93 bits per heavy atom. The lowest BCUT2D eigenvalue weighted by atomic mass is 10.3. The van der Waals surface area contributed by atoms with Gasteiger partial charge < -0.3 is 11.1 Å². The standard InChI is InChI=1S/C9H13N3O2S/c1-15(2,14)12-9(13)11-8-5-3-7(10)4-6-8/h3-6H,1,10H2,2H3,(H2,11,12,13,14). The minimum atomic E-state index is -2.54. The minimum Gasteiger partial charge on any atom is -0.399 e. The number of rotatable bonds is 2. The van der Waals surface area contributed by atoms with Gasteiger partial charge in [-0.1, -0.05) is 0 Å². The van der Waals surface area contributed by atoms with Crippen LogP contribution in [-0.4, -0.2) is 22.4 Å². The number of carbonyl (C=O) groups is 1. The second-order valence-electron chi connectivity index (χ2n) is 3.18. The SMILES string of the molecule is C=S(C)(=O)NC(=O)Nc1ccc(N)cc1. The van der Waals surface area contributed by atoms with Crippen molar-refractivity contribution in [2.75, 3.05) is 17.3 Å². The first-order chi connectivity index (χ1) is 6.87. The van der Waals surface area contributed by atoms with Crippen LogP contribution in [0.25, 0.3) is 0 Å². The Labute approximate surface area is 88.8 Å². The summed E-state index contributed by atoms with van der Waals surface area (Å²) in [4.78, 5) is 11.2. The monoisotopic (exact) mass is 227 g/mol. The van der Waals surface area contributed by atoms with Gasteiger partial charge in [0, 0.05) is 27.3 Å². The number of amides is 2. The minimum absolute atomic E-state index is 0.553. The van der Waals surface area contributed by atoms with E-state index in [1.165, 1.54) is 6.26 Å². The highest BCUT2D eigenvalue weighted by atomic mass is 32.2. The smallest absolute Gasteiger partial charge is 0.330 e. The number of hydrogen-bond acceptors (Lipinski definition) is 3. The molecule has 0 aromatic heterocycles. The van der Waals surface area contributed by atoms with Crippen LogP contribution in [0.4, 0.5) is 16.2 Å². The number of nitrogen functional groups attached to an aromatic ring is 1. The fourth-order valence-corrected chi connectivity index (χ4v) is 1.36. The highest BCUT2D eigenvalue weighted by Gasteiger charge is 2.03. The quantitative estimate of drug-likeness (QED) is 0.512. The Kier molecular flexibility index (Phi) is 3.21. The Hall–Kier alpha value is -1.69. The van der Waals surface area contributed by atoms with Gasteiger partial charge in [0.1, 0.15) is 0 Å². The number of nitrogens with two attached hydrogens (primary N) is 1. The number of nitrogens with one attached hydrogen (secondary N) is 2. The van der Waals surface area contributed by atoms with Crippen LogP contribution in [0.1, 0.15) is 0 Å². The Morgan fingerprint density at radius 3 is 2.40 bits per heavy atom. The van der Waals surface area contributed by atoms with Crippen molar-refractivity contribution >= 4 is 33.0 Å². The highest BCUT2D eigenvalue weighted by Crippen LogP contribution is 2.09. The van der Waals surface area contributed by atoms with Crippen molar-refractivity contribution in [1.29, 1.82) is 0 Å². The first-order valence-corrected chi connectivity index (χ1v) is 6.27. The van der Waals surface area contributed by atoms with E-state index < -0.39 is 15.7 Å². The maximum Gasteiger partial charge on any atom is 0.330 e. The van der Waals surface area contributed by atoms with Crippen LogP contribution in [0, 0.1) is 0 Å². The molecule has 0 spiro atoms. The predicted molar refractivity (Wildman–Crippen MR) is 64.2 cm³/mol. The summed E-state index contributed by atoms with van der Waals surface area (Å²) in [5.41, 5.74) is 6.66. The Bertz CT molecular complexity index is 451. The summed E-state index contributed by atoms with van der Waals surface area (Å²) in [7, 11) is -2.54. The molecule has 82 valence electrons. The van der Waals surface area contributed by atoms with Gasteiger partial charge in [0.15, 0.2) is 0 Å². The topological polar surface area (TPSA) is 84.2 Å². The van der Waals surface area contributed by atoms with Crippen LogP contribution in [-0.2, 0) is 9.71 Å². The number of urea groups is 1. The molecule has 0 saturated heterocycles. The third-order valence-electron chi connectivity index (χ3n) is 1.48. The maximum atomic E-state index is 11.2. The van der Waals surface area contributed by atoms with Crippen LogP contribution in [0.2, 0.25) is 0 Å². The van der Waals surface area contributed by atoms with Crippen molar-refractivity contribution in [3.63, 3.8) is 0 Å². The molecule has 1 rings (SSSR count). The molecular weight excluding hydrogens is 214 g/mol. The molecule has 0 radical (unpaired) electrons. The van der Waals surface area contributed by atoms with E-state index in [9.17, 15) is 9.00 Å². The van der Waals surface area contributed by atoms with Gasteiger partial charge in [-0.15, -0.1) is 0 Å². The van der Waals surface area contributed by atoms with Gasteiger partial charge >= 0.3 is 6.03 Å². The second kappa shape index (κ2) is 4.22. The molecule has 1 atom stereocenters. The normalized spacial score (nSPS) is 13.9. The molecule has 0 aliphatic rings. The van der Waals surface area contributed by atoms with Crippen LogP contribution >= 0.6 is 0 Å². The fourth-order valence-electron chi connectivity index (χ4n) is 0.919. The van der Waals surface area contributed by atoms with Crippen molar-refractivity contribution in [3.05, 3.63) is 24.3 Å². The van der Waals surface area contributed by atoms with Crippen molar-refractivity contribution in [3.8, 4) is 0 Å². The van der Waals surface area contributed by atoms with E-state index in [1.54, 1.807) is 24.3 Å². The van der Waals surface area contributed by atoms with E-state index >= 15 is 0 Å². The molecular formula is C9H13N3O2S. The lowest BCUT2D eigenvalue weighted by Gasteiger charge is -2.08. The number of anilines is 2. The first-order valence-electron chi connectivity index (χ1n) is 4.13. The average molecular weight is 227 g/mol. The van der Waals surface area contributed by atoms with Crippen LogP contribution < -0.4 is 15.8 Å². The summed E-state index contributed by atoms with van der Waals surface area (Å²) in [5, 5.41) is 2.50. The maximum absolute atomic E-state index is 11.2. The lowest BCUT2D eigenvalue weighted by Crippen LogP contribution is -2.33. The van der Waals surface area contributed by atoms with Crippen molar-refractivity contribution in [2.45, 2.75) is 0 Å². The molecule has 15 heavy (non-hydrogen) atoms. The second-order valence-corrected chi connectivity index (χ2v) is 5.40. The largest absolute Gasteiger partial charge is 0.399 e. The van der Waals surface area contributed by atoms with Gasteiger partial charge in [0.25, 0.3) is 0 Å². The third-order valence-corrected chi connectivity index (χ3v) is 2.09. The van der Waals surface area contributed by atoms with E-state index in [0.717, 1.165) is 0 Å². The van der Waals surface area contributed by atoms with Gasteiger partial charge in [-0.05, 0) is 30.1 Å². The molecule has 0 bridgehead atoms. The van der Waals surface area contributed by atoms with Gasteiger partial charge in [-0.25, -0.2) is 9.00 Å². The van der Waals surface area contributed by atoms with E-state index in [4.69, 9.17) is 5.73 Å². The fraction of sp³-hybridized carbons (Fsp3) is 0.111. The Balaban J connectivity index is 2.63. The molecule has 6 heteroatoms. The molecule has 2 amide bonds. The summed E-state index contributed by atoms with van der Waals surface area (Å²) >= 11 is 0. The molecule has 1 unspecified atom stereocenters. The summed E-state index contributed by atoms with van der Waals surface area (Å²) in [6.07, 6.45) is 1.34. The summed E-state index contributed by atoms with van der Waals surface area (Å²) in [5.74, 6) is 3.30. The van der Waals surface area contributed by atoms with E-state index in [2.05, 4.69) is 15.9 Å². The summed E-state index contributed by atoms with van der Waals surface area (Å²) in [6, 6.07) is 6.05. The number of hydrogen-bond donors (Lipinski definition) is 3. The molecule has 0 aliphatic carbocycles. The third kappa shape index (κ3) is 4.37. The first kappa shape index (κ1) is 11.4. The summed E-state index contributed by atoms with van der Waals surface area (Å²) < 4.78 is 13.4. The molecule has 1 aromatic rings. The number of benzene rings is 1. The summed E-state index contributed by atoms with van der Waals surface area (Å²) in [6.45, 7) is 0. The Morgan fingerprint density at radius 1 is 1.40 bits per heavy atom. The van der Waals surface area contributed by atoms with Gasteiger partial charge in [-0.2, -0.15) is 0 Å². The zero-order valence-electron chi connectivity index (χ0n) is 8.32. The van der Waals surface area contributed by atoms with Gasteiger partial charge in [0.2, 0.25) is 0 Å². The van der Waals surface area contributed by atoms with E-state index in [0.29, 0.717) is 11.4 Å². The molecule has 0 fully saturated rings. The van der Waals surface area contributed by atoms with Crippen molar-refractivity contribution < 1.29 is 9.00 Å². The molecule has 1 aromatic carbocycles. The van der Waals surface area contributed by atoms with Crippen LogP contribution in [0.15, 0.2) is 24.3 Å². The molecule has 4 N–H and O–H groups in total. The molecule has 0 aliphatic heterocycles. The van der Waals surface area contributed by atoms with Crippen molar-refractivity contribution in [2.24, 2.45) is 0 Å². The van der Waals surface area contributed by atoms with E-state index in [-0.39, 0.29) is 0 Å². The average Bonchev–Trinajstić information content (AvgIpc) is 2.05. The predicted octanol–water partition coefficient (Wildman–Crippen LogP) is 0.651. The molecule has 5 nitrogen and oxygen atoms in total.